The summed E-state index contributed by atoms with van der Waals surface area (Å²) in [7, 11) is 1.66. The standard InChI is InChI=1S/C18H28N2O2/c1-18(2,14-7-9-15(22-3)10-8-14)12-20-17(21)16-6-4-5-13(16)11-19/h7-10,13,16H,4-6,11-12,19H2,1-3H3,(H,20,21)/t13-,16-/m1/s1. The van der Waals surface area contributed by atoms with Crippen molar-refractivity contribution in [2.45, 2.75) is 38.5 Å². The Morgan fingerprint density at radius 2 is 2.00 bits per heavy atom. The highest BCUT2D eigenvalue weighted by Gasteiger charge is 2.32. The maximum atomic E-state index is 12.4. The van der Waals surface area contributed by atoms with Crippen LogP contribution in [0.4, 0.5) is 0 Å². The van der Waals surface area contributed by atoms with E-state index >= 15 is 0 Å². The molecule has 1 aromatic carbocycles. The molecule has 0 unspecified atom stereocenters. The third-order valence-electron chi connectivity index (χ3n) is 4.87. The smallest absolute Gasteiger partial charge is 0.223 e. The summed E-state index contributed by atoms with van der Waals surface area (Å²) in [5, 5.41) is 3.13. The highest BCUT2D eigenvalue weighted by Crippen LogP contribution is 2.31. The maximum absolute atomic E-state index is 12.4. The van der Waals surface area contributed by atoms with Crippen LogP contribution in [0.1, 0.15) is 38.7 Å². The maximum Gasteiger partial charge on any atom is 0.223 e. The van der Waals surface area contributed by atoms with Gasteiger partial charge >= 0.3 is 0 Å². The second-order valence-electron chi connectivity index (χ2n) is 6.86. The molecule has 1 aliphatic rings. The monoisotopic (exact) mass is 304 g/mol. The summed E-state index contributed by atoms with van der Waals surface area (Å²) in [4.78, 5) is 12.4. The quantitative estimate of drug-likeness (QED) is 0.848. The first-order chi connectivity index (χ1) is 10.5. The van der Waals surface area contributed by atoms with Crippen molar-refractivity contribution < 1.29 is 9.53 Å². The van der Waals surface area contributed by atoms with E-state index < -0.39 is 0 Å². The number of ether oxygens (including phenoxy) is 1. The van der Waals surface area contributed by atoms with Gasteiger partial charge in [-0.1, -0.05) is 32.4 Å². The third-order valence-corrected chi connectivity index (χ3v) is 4.87. The summed E-state index contributed by atoms with van der Waals surface area (Å²) in [6, 6.07) is 8.03. The molecule has 1 amide bonds. The molecule has 1 aliphatic carbocycles. The average Bonchev–Trinajstić information content (AvgIpc) is 3.01. The molecule has 122 valence electrons. The molecule has 3 N–H and O–H groups in total. The fourth-order valence-electron chi connectivity index (χ4n) is 3.25. The first-order valence-corrected chi connectivity index (χ1v) is 8.10. The molecule has 0 aliphatic heterocycles. The van der Waals surface area contributed by atoms with Crippen molar-refractivity contribution in [3.8, 4) is 5.75 Å². The van der Waals surface area contributed by atoms with Crippen LogP contribution in [-0.2, 0) is 10.2 Å². The molecule has 2 atom stereocenters. The van der Waals surface area contributed by atoms with Crippen molar-refractivity contribution in [3.05, 3.63) is 29.8 Å². The zero-order valence-electron chi connectivity index (χ0n) is 13.9. The largest absolute Gasteiger partial charge is 0.497 e. The highest BCUT2D eigenvalue weighted by atomic mass is 16.5. The summed E-state index contributed by atoms with van der Waals surface area (Å²) in [6.07, 6.45) is 3.16. The molecular formula is C18H28N2O2. The van der Waals surface area contributed by atoms with Crippen LogP contribution in [0.3, 0.4) is 0 Å². The molecule has 0 spiro atoms. The number of hydrogen-bond acceptors (Lipinski definition) is 3. The van der Waals surface area contributed by atoms with E-state index in [0.29, 0.717) is 19.0 Å². The summed E-state index contributed by atoms with van der Waals surface area (Å²) in [6.45, 7) is 5.53. The fraction of sp³-hybridized carbons (Fsp3) is 0.611. The Bertz CT molecular complexity index is 496. The van der Waals surface area contributed by atoms with Gasteiger partial charge in [0.15, 0.2) is 0 Å². The Kier molecular flexibility index (Phi) is 5.46. The second kappa shape index (κ2) is 7.14. The first kappa shape index (κ1) is 16.8. The summed E-state index contributed by atoms with van der Waals surface area (Å²) in [5.41, 5.74) is 6.85. The van der Waals surface area contributed by atoms with Gasteiger partial charge in [-0.2, -0.15) is 0 Å². The number of benzene rings is 1. The van der Waals surface area contributed by atoms with Crippen LogP contribution in [0.2, 0.25) is 0 Å². The van der Waals surface area contributed by atoms with Crippen molar-refractivity contribution in [1.82, 2.24) is 5.32 Å². The second-order valence-corrected chi connectivity index (χ2v) is 6.86. The molecule has 4 nitrogen and oxygen atoms in total. The van der Waals surface area contributed by atoms with E-state index in [1.807, 2.05) is 12.1 Å². The number of carbonyl (C=O) groups is 1. The molecule has 4 heteroatoms. The Morgan fingerprint density at radius 1 is 1.32 bits per heavy atom. The van der Waals surface area contributed by atoms with E-state index in [9.17, 15) is 4.79 Å². The Labute approximate surface area is 133 Å². The predicted molar refractivity (Wildman–Crippen MR) is 88.9 cm³/mol. The number of rotatable bonds is 6. The van der Waals surface area contributed by atoms with Gasteiger partial charge < -0.3 is 15.8 Å². The molecule has 0 heterocycles. The molecular weight excluding hydrogens is 276 g/mol. The van der Waals surface area contributed by atoms with Crippen LogP contribution < -0.4 is 15.8 Å². The number of amides is 1. The Hall–Kier alpha value is -1.55. The van der Waals surface area contributed by atoms with Crippen LogP contribution in [0.15, 0.2) is 24.3 Å². The van der Waals surface area contributed by atoms with Crippen LogP contribution in [0.5, 0.6) is 5.75 Å². The van der Waals surface area contributed by atoms with Crippen molar-refractivity contribution in [1.29, 1.82) is 0 Å². The lowest BCUT2D eigenvalue weighted by Crippen LogP contribution is -2.41. The minimum Gasteiger partial charge on any atom is -0.497 e. The van der Waals surface area contributed by atoms with Crippen molar-refractivity contribution >= 4 is 5.91 Å². The number of nitrogens with one attached hydrogen (secondary N) is 1. The summed E-state index contributed by atoms with van der Waals surface area (Å²) < 4.78 is 5.19. The first-order valence-electron chi connectivity index (χ1n) is 8.10. The van der Waals surface area contributed by atoms with Crippen molar-refractivity contribution in [3.63, 3.8) is 0 Å². The third kappa shape index (κ3) is 3.80. The van der Waals surface area contributed by atoms with Gasteiger partial charge in [0, 0.05) is 17.9 Å². The fourth-order valence-corrected chi connectivity index (χ4v) is 3.25. The van der Waals surface area contributed by atoms with Crippen LogP contribution in [-0.4, -0.2) is 26.1 Å². The summed E-state index contributed by atoms with van der Waals surface area (Å²) >= 11 is 0. The molecule has 0 saturated heterocycles. The minimum absolute atomic E-state index is 0.0941. The van der Waals surface area contributed by atoms with Gasteiger partial charge in [-0.15, -0.1) is 0 Å². The Morgan fingerprint density at radius 3 is 2.59 bits per heavy atom. The lowest BCUT2D eigenvalue weighted by Gasteiger charge is -2.27. The van der Waals surface area contributed by atoms with Gasteiger partial charge in [0.1, 0.15) is 5.75 Å². The van der Waals surface area contributed by atoms with Gasteiger partial charge in [-0.3, -0.25) is 4.79 Å². The van der Waals surface area contributed by atoms with Crippen molar-refractivity contribution in [2.24, 2.45) is 17.6 Å². The van der Waals surface area contributed by atoms with Crippen molar-refractivity contribution in [2.75, 3.05) is 20.2 Å². The Balaban J connectivity index is 1.95. The summed E-state index contributed by atoms with van der Waals surface area (Å²) in [5.74, 6) is 1.45. The minimum atomic E-state index is -0.112. The SMILES string of the molecule is COc1ccc(C(C)(C)CNC(=O)[C@@H]2CCC[C@@H]2CN)cc1. The van der Waals surface area contributed by atoms with Crippen LogP contribution in [0.25, 0.3) is 0 Å². The lowest BCUT2D eigenvalue weighted by atomic mass is 9.84. The predicted octanol–water partition coefficient (Wildman–Crippen LogP) is 2.46. The number of methoxy groups -OCH3 is 1. The van der Waals surface area contributed by atoms with Crippen LogP contribution >= 0.6 is 0 Å². The van der Waals surface area contributed by atoms with Gasteiger partial charge in [0.05, 0.1) is 7.11 Å². The average molecular weight is 304 g/mol. The highest BCUT2D eigenvalue weighted by molar-refractivity contribution is 5.79. The number of nitrogens with two attached hydrogens (primary N) is 1. The normalized spacial score (nSPS) is 21.6. The molecule has 0 radical (unpaired) electrons. The van der Waals surface area contributed by atoms with Gasteiger partial charge in [0.25, 0.3) is 0 Å². The van der Waals surface area contributed by atoms with Gasteiger partial charge in [0.2, 0.25) is 5.91 Å². The zero-order chi connectivity index (χ0) is 16.2. The lowest BCUT2D eigenvalue weighted by molar-refractivity contribution is -0.126. The number of carbonyl (C=O) groups excluding carboxylic acids is 1. The topological polar surface area (TPSA) is 64.3 Å². The number of hydrogen-bond donors (Lipinski definition) is 2. The molecule has 1 saturated carbocycles. The van der Waals surface area contributed by atoms with Gasteiger partial charge in [-0.25, -0.2) is 0 Å². The molecule has 1 fully saturated rings. The molecule has 22 heavy (non-hydrogen) atoms. The van der Waals surface area contributed by atoms with E-state index in [-0.39, 0.29) is 17.2 Å². The van der Waals surface area contributed by atoms with E-state index in [0.717, 1.165) is 25.0 Å². The van der Waals surface area contributed by atoms with E-state index in [4.69, 9.17) is 10.5 Å². The zero-order valence-corrected chi connectivity index (χ0v) is 13.9. The van der Waals surface area contributed by atoms with E-state index in [2.05, 4.69) is 31.3 Å². The molecule has 0 bridgehead atoms. The molecule has 1 aromatic rings. The van der Waals surface area contributed by atoms with Gasteiger partial charge in [-0.05, 0) is 43.0 Å². The molecule has 0 aromatic heterocycles. The van der Waals surface area contributed by atoms with E-state index in [1.165, 1.54) is 5.56 Å². The molecule has 2 rings (SSSR count). The van der Waals surface area contributed by atoms with E-state index in [1.54, 1.807) is 7.11 Å². The van der Waals surface area contributed by atoms with Crippen LogP contribution in [0, 0.1) is 11.8 Å².